The normalized spacial score (nSPS) is 11.7. The van der Waals surface area contributed by atoms with Crippen molar-refractivity contribution in [1.29, 1.82) is 0 Å². The molecule has 0 spiro atoms. The number of rotatable bonds is 8. The van der Waals surface area contributed by atoms with E-state index in [-0.39, 0.29) is 11.8 Å². The van der Waals surface area contributed by atoms with Crippen LogP contribution >= 0.6 is 11.8 Å². The first-order valence-electron chi connectivity index (χ1n) is 6.31. The van der Waals surface area contributed by atoms with Crippen molar-refractivity contribution in [3.8, 4) is 0 Å². The van der Waals surface area contributed by atoms with Gasteiger partial charge in [-0.3, -0.25) is 20.0 Å². The molecule has 0 saturated carbocycles. The van der Waals surface area contributed by atoms with Crippen LogP contribution in [0.4, 0.5) is 0 Å². The summed E-state index contributed by atoms with van der Waals surface area (Å²) in [6.45, 7) is 1.91. The Bertz CT molecular complexity index is 428. The lowest BCUT2D eigenvalue weighted by Crippen LogP contribution is -2.50. The Balaban J connectivity index is 2.38. The number of thioether (sulfide) groups is 1. The number of nitrogens with zero attached hydrogens (tertiary/aromatic N) is 1. The third-order valence-electron chi connectivity index (χ3n) is 2.56. The Kier molecular flexibility index (Phi) is 7.67. The molecule has 0 radical (unpaired) electrons. The van der Waals surface area contributed by atoms with Gasteiger partial charge in [-0.25, -0.2) is 5.43 Å². The van der Waals surface area contributed by atoms with Crippen LogP contribution in [0, 0.1) is 0 Å². The molecule has 1 aromatic heterocycles. The minimum absolute atomic E-state index is 0.208. The number of nitrogens with one attached hydrogen (secondary N) is 3. The lowest BCUT2D eigenvalue weighted by molar-refractivity contribution is -0.128. The van der Waals surface area contributed by atoms with E-state index >= 15 is 0 Å². The fraction of sp³-hybridized carbons (Fsp3) is 0.462. The monoisotopic (exact) mass is 296 g/mol. The zero-order chi connectivity index (χ0) is 14.8. The van der Waals surface area contributed by atoms with E-state index in [1.807, 2.05) is 18.4 Å². The summed E-state index contributed by atoms with van der Waals surface area (Å²) < 4.78 is 0. The van der Waals surface area contributed by atoms with Crippen LogP contribution in [0.1, 0.15) is 18.9 Å². The molecule has 2 amide bonds. The molecule has 7 heteroatoms. The van der Waals surface area contributed by atoms with Crippen LogP contribution in [0.15, 0.2) is 24.5 Å². The SMILES string of the molecule is CSCC[C@H](NC(C)=O)C(=O)NNCc1ccncc1. The molecule has 0 unspecified atom stereocenters. The number of pyridine rings is 1. The molecule has 0 aliphatic carbocycles. The highest BCUT2D eigenvalue weighted by Gasteiger charge is 2.18. The van der Waals surface area contributed by atoms with Crippen LogP contribution in [-0.2, 0) is 16.1 Å². The predicted molar refractivity (Wildman–Crippen MR) is 79.8 cm³/mol. The third kappa shape index (κ3) is 6.53. The second-order valence-corrected chi connectivity index (χ2v) is 5.22. The maximum Gasteiger partial charge on any atom is 0.256 e. The molecule has 3 N–H and O–H groups in total. The van der Waals surface area contributed by atoms with Crippen molar-refractivity contribution in [3.63, 3.8) is 0 Å². The second-order valence-electron chi connectivity index (χ2n) is 4.23. The van der Waals surface area contributed by atoms with Gasteiger partial charge in [0.15, 0.2) is 0 Å². The zero-order valence-electron chi connectivity index (χ0n) is 11.7. The molecule has 0 bridgehead atoms. The van der Waals surface area contributed by atoms with E-state index in [1.54, 1.807) is 24.2 Å². The standard InChI is InChI=1S/C13H20N4O2S/c1-10(18)16-12(5-8-20-2)13(19)17-15-9-11-3-6-14-7-4-11/h3-4,6-7,12,15H,5,8-9H2,1-2H3,(H,16,18)(H,17,19)/t12-/m0/s1. The Morgan fingerprint density at radius 1 is 1.35 bits per heavy atom. The van der Waals surface area contributed by atoms with Crippen LogP contribution in [0.25, 0.3) is 0 Å². The summed E-state index contributed by atoms with van der Waals surface area (Å²) in [5.74, 6) is 0.367. The van der Waals surface area contributed by atoms with Crippen molar-refractivity contribution in [2.75, 3.05) is 12.0 Å². The van der Waals surface area contributed by atoms with Crippen molar-refractivity contribution in [2.45, 2.75) is 25.9 Å². The first-order valence-corrected chi connectivity index (χ1v) is 7.70. The Morgan fingerprint density at radius 3 is 2.65 bits per heavy atom. The van der Waals surface area contributed by atoms with Gasteiger partial charge in [-0.05, 0) is 36.1 Å². The third-order valence-corrected chi connectivity index (χ3v) is 3.20. The average Bonchev–Trinajstić information content (AvgIpc) is 2.44. The summed E-state index contributed by atoms with van der Waals surface area (Å²) in [6.07, 6.45) is 5.95. The van der Waals surface area contributed by atoms with Gasteiger partial charge in [-0.2, -0.15) is 11.8 Å². The first-order chi connectivity index (χ1) is 9.63. The second kappa shape index (κ2) is 9.33. The van der Waals surface area contributed by atoms with E-state index in [0.717, 1.165) is 11.3 Å². The number of carbonyl (C=O) groups excluding carboxylic acids is 2. The number of hydrazine groups is 1. The van der Waals surface area contributed by atoms with Gasteiger partial charge in [0.2, 0.25) is 5.91 Å². The van der Waals surface area contributed by atoms with Gasteiger partial charge in [0.25, 0.3) is 5.91 Å². The lowest BCUT2D eigenvalue weighted by atomic mass is 10.2. The maximum absolute atomic E-state index is 12.0. The molecule has 20 heavy (non-hydrogen) atoms. The maximum atomic E-state index is 12.0. The summed E-state index contributed by atoms with van der Waals surface area (Å²) in [5, 5.41) is 2.65. The number of hydrogen-bond donors (Lipinski definition) is 3. The molecule has 1 aromatic rings. The molecule has 1 heterocycles. The quantitative estimate of drug-likeness (QED) is 0.607. The molecule has 1 atom stereocenters. The first kappa shape index (κ1) is 16.5. The van der Waals surface area contributed by atoms with Crippen molar-refractivity contribution in [2.24, 2.45) is 0 Å². The zero-order valence-corrected chi connectivity index (χ0v) is 12.5. The summed E-state index contributed by atoms with van der Waals surface area (Å²) in [7, 11) is 0. The summed E-state index contributed by atoms with van der Waals surface area (Å²) in [5.41, 5.74) is 6.47. The highest BCUT2D eigenvalue weighted by Crippen LogP contribution is 2.01. The topological polar surface area (TPSA) is 83.1 Å². The van der Waals surface area contributed by atoms with Crippen LogP contribution in [0.5, 0.6) is 0 Å². The van der Waals surface area contributed by atoms with Gasteiger partial charge in [-0.15, -0.1) is 0 Å². The van der Waals surface area contributed by atoms with Crippen LogP contribution in [-0.4, -0.2) is 34.8 Å². The molecular formula is C13H20N4O2S. The Morgan fingerprint density at radius 2 is 2.05 bits per heavy atom. The summed E-state index contributed by atoms with van der Waals surface area (Å²) in [6, 6.07) is 3.21. The van der Waals surface area contributed by atoms with E-state index in [0.29, 0.717) is 13.0 Å². The van der Waals surface area contributed by atoms with E-state index in [1.165, 1.54) is 6.92 Å². The molecule has 0 aliphatic heterocycles. The summed E-state index contributed by atoms with van der Waals surface area (Å²) >= 11 is 1.64. The van der Waals surface area contributed by atoms with E-state index in [4.69, 9.17) is 0 Å². The number of hydrogen-bond acceptors (Lipinski definition) is 5. The summed E-state index contributed by atoms with van der Waals surface area (Å²) in [4.78, 5) is 27.0. The number of amides is 2. The van der Waals surface area contributed by atoms with Crippen molar-refractivity contribution in [1.82, 2.24) is 21.2 Å². The molecule has 0 aliphatic rings. The number of carbonyl (C=O) groups is 2. The molecule has 0 saturated heterocycles. The van der Waals surface area contributed by atoms with Gasteiger partial charge in [-0.1, -0.05) is 0 Å². The van der Waals surface area contributed by atoms with Crippen LogP contribution in [0.2, 0.25) is 0 Å². The highest BCUT2D eigenvalue weighted by molar-refractivity contribution is 7.98. The Labute approximate surface area is 123 Å². The van der Waals surface area contributed by atoms with Crippen molar-refractivity contribution < 1.29 is 9.59 Å². The average molecular weight is 296 g/mol. The Hall–Kier alpha value is -1.60. The smallest absolute Gasteiger partial charge is 0.256 e. The molecule has 0 aromatic carbocycles. The van der Waals surface area contributed by atoms with Crippen molar-refractivity contribution >= 4 is 23.6 Å². The van der Waals surface area contributed by atoms with E-state index in [9.17, 15) is 9.59 Å². The molecule has 6 nitrogen and oxygen atoms in total. The van der Waals surface area contributed by atoms with E-state index in [2.05, 4.69) is 21.2 Å². The van der Waals surface area contributed by atoms with E-state index < -0.39 is 6.04 Å². The van der Waals surface area contributed by atoms with Gasteiger partial charge in [0, 0.05) is 25.9 Å². The van der Waals surface area contributed by atoms with Gasteiger partial charge in [0.1, 0.15) is 6.04 Å². The molecular weight excluding hydrogens is 276 g/mol. The molecule has 0 fully saturated rings. The van der Waals surface area contributed by atoms with Crippen molar-refractivity contribution in [3.05, 3.63) is 30.1 Å². The molecule has 1 rings (SSSR count). The van der Waals surface area contributed by atoms with Gasteiger partial charge in [0.05, 0.1) is 0 Å². The van der Waals surface area contributed by atoms with Crippen LogP contribution < -0.4 is 16.2 Å². The van der Waals surface area contributed by atoms with Crippen LogP contribution in [0.3, 0.4) is 0 Å². The molecule has 110 valence electrons. The minimum Gasteiger partial charge on any atom is -0.344 e. The van der Waals surface area contributed by atoms with Gasteiger partial charge < -0.3 is 5.32 Å². The predicted octanol–water partition coefficient (Wildman–Crippen LogP) is 0.460. The lowest BCUT2D eigenvalue weighted by Gasteiger charge is -2.17. The van der Waals surface area contributed by atoms with Gasteiger partial charge >= 0.3 is 0 Å². The highest BCUT2D eigenvalue weighted by atomic mass is 32.2. The largest absolute Gasteiger partial charge is 0.344 e. The minimum atomic E-state index is -0.509. The fourth-order valence-corrected chi connectivity index (χ4v) is 2.04. The fourth-order valence-electron chi connectivity index (χ4n) is 1.57. The number of aromatic nitrogens is 1.